The predicted octanol–water partition coefficient (Wildman–Crippen LogP) is 11.2. The number of benzene rings is 6. The van der Waals surface area contributed by atoms with Crippen LogP contribution in [0, 0.1) is 0 Å². The zero-order chi connectivity index (χ0) is 31.6. The highest BCUT2D eigenvalue weighted by molar-refractivity contribution is 6.23. The fraction of sp³-hybridized carbons (Fsp3) is 0. The van der Waals surface area contributed by atoms with Gasteiger partial charge in [0.15, 0.2) is 0 Å². The minimum absolute atomic E-state index is 0.917. The molecule has 0 radical (unpaired) electrons. The molecule has 0 aliphatic rings. The van der Waals surface area contributed by atoms with Crippen molar-refractivity contribution in [2.45, 2.75) is 0 Å². The van der Waals surface area contributed by atoms with Gasteiger partial charge < -0.3 is 9.13 Å². The van der Waals surface area contributed by atoms with Gasteiger partial charge in [-0.1, -0.05) is 97.1 Å². The maximum atomic E-state index is 4.81. The van der Waals surface area contributed by atoms with Crippen LogP contribution in [0.15, 0.2) is 170 Å². The molecule has 224 valence electrons. The fourth-order valence-corrected chi connectivity index (χ4v) is 7.57. The lowest BCUT2D eigenvalue weighted by Gasteiger charge is -2.14. The summed E-state index contributed by atoms with van der Waals surface area (Å²) in [6.45, 7) is 0. The van der Waals surface area contributed by atoms with Crippen LogP contribution in [0.4, 0.5) is 0 Å². The summed E-state index contributed by atoms with van der Waals surface area (Å²) in [5, 5.41) is 5.88. The molecule has 4 aromatic heterocycles. The van der Waals surface area contributed by atoms with Crippen molar-refractivity contribution in [2.75, 3.05) is 0 Å². The summed E-state index contributed by atoms with van der Waals surface area (Å²) in [7, 11) is 0. The van der Waals surface area contributed by atoms with E-state index in [0.29, 0.717) is 0 Å². The Morgan fingerprint density at radius 2 is 0.979 bits per heavy atom. The molecule has 10 aromatic rings. The van der Waals surface area contributed by atoms with Crippen LogP contribution in [0.5, 0.6) is 0 Å². The third-order valence-electron chi connectivity index (χ3n) is 9.60. The molecule has 0 saturated heterocycles. The van der Waals surface area contributed by atoms with Gasteiger partial charge in [0.1, 0.15) is 0 Å². The number of hydrogen-bond donors (Lipinski definition) is 0. The Balaban J connectivity index is 1.21. The summed E-state index contributed by atoms with van der Waals surface area (Å²) in [6, 6.07) is 56.4. The third kappa shape index (κ3) is 3.90. The minimum atomic E-state index is 0.917. The van der Waals surface area contributed by atoms with E-state index in [4.69, 9.17) is 9.97 Å². The quantitative estimate of drug-likeness (QED) is 0.185. The molecular weight excluding hydrogens is 585 g/mol. The van der Waals surface area contributed by atoms with Crippen molar-refractivity contribution in [3.8, 4) is 33.8 Å². The molecule has 0 N–H and O–H groups in total. The summed E-state index contributed by atoms with van der Waals surface area (Å²) in [6.07, 6.45) is 3.71. The highest BCUT2D eigenvalue weighted by Gasteiger charge is 2.20. The van der Waals surface area contributed by atoms with Crippen LogP contribution >= 0.6 is 0 Å². The summed E-state index contributed by atoms with van der Waals surface area (Å²) in [5.41, 5.74) is 12.4. The smallest absolute Gasteiger partial charge is 0.0986 e. The maximum Gasteiger partial charge on any atom is 0.0986 e. The lowest BCUT2D eigenvalue weighted by molar-refractivity contribution is 1.14. The third-order valence-corrected chi connectivity index (χ3v) is 9.60. The largest absolute Gasteiger partial charge is 0.309 e. The first-order valence-electron chi connectivity index (χ1n) is 16.3. The zero-order valence-corrected chi connectivity index (χ0v) is 26.0. The van der Waals surface area contributed by atoms with Gasteiger partial charge in [0, 0.05) is 50.7 Å². The number of pyridine rings is 2. The van der Waals surface area contributed by atoms with Gasteiger partial charge in [0.05, 0.1) is 33.3 Å². The minimum Gasteiger partial charge on any atom is -0.309 e. The van der Waals surface area contributed by atoms with Crippen LogP contribution in [-0.2, 0) is 0 Å². The van der Waals surface area contributed by atoms with Crippen molar-refractivity contribution in [1.82, 2.24) is 19.1 Å². The SMILES string of the molecule is c1ccc(-n2c(-c3ccc(-c4cccc5c4c4ccccc4n5-c4ccccc4)cc3)cc3c4cccnc4c4ncccc4c32)cc1. The van der Waals surface area contributed by atoms with E-state index < -0.39 is 0 Å². The van der Waals surface area contributed by atoms with Crippen molar-refractivity contribution >= 4 is 54.5 Å². The Bertz CT molecular complexity index is 2810. The van der Waals surface area contributed by atoms with E-state index in [9.17, 15) is 0 Å². The monoisotopic (exact) mass is 612 g/mol. The average Bonchev–Trinajstić information content (AvgIpc) is 3.73. The molecule has 0 aliphatic heterocycles. The van der Waals surface area contributed by atoms with Crippen LogP contribution in [0.25, 0.3) is 88.3 Å². The van der Waals surface area contributed by atoms with E-state index >= 15 is 0 Å². The molecule has 10 rings (SSSR count). The molecule has 0 fully saturated rings. The lowest BCUT2D eigenvalue weighted by atomic mass is 9.98. The normalized spacial score (nSPS) is 11.8. The van der Waals surface area contributed by atoms with Gasteiger partial charge in [-0.2, -0.15) is 0 Å². The molecular formula is C44H28N4. The standard InChI is InChI=1S/C44H28N4/c1-3-12-31(13-4-1)47-38-20-8-7-16-35(38)41-33(17-9-21-39(41)47)29-22-24-30(25-23-29)40-28-37-34-18-10-26-45-42(34)43-36(19-11-27-46-43)44(37)48(40)32-14-5-2-6-15-32/h1-28H. The van der Waals surface area contributed by atoms with Gasteiger partial charge >= 0.3 is 0 Å². The van der Waals surface area contributed by atoms with Crippen molar-refractivity contribution < 1.29 is 0 Å². The molecule has 4 heteroatoms. The van der Waals surface area contributed by atoms with Crippen LogP contribution in [0.3, 0.4) is 0 Å². The highest BCUT2D eigenvalue weighted by atomic mass is 15.0. The molecule has 0 atom stereocenters. The molecule has 0 amide bonds. The highest BCUT2D eigenvalue weighted by Crippen LogP contribution is 2.42. The molecule has 48 heavy (non-hydrogen) atoms. The predicted molar refractivity (Wildman–Crippen MR) is 199 cm³/mol. The lowest BCUT2D eigenvalue weighted by Crippen LogP contribution is -1.98. The maximum absolute atomic E-state index is 4.81. The van der Waals surface area contributed by atoms with Crippen LogP contribution < -0.4 is 0 Å². The molecule has 4 nitrogen and oxygen atoms in total. The second kappa shape index (κ2) is 10.5. The number of nitrogens with zero attached hydrogens (tertiary/aromatic N) is 4. The van der Waals surface area contributed by atoms with Crippen molar-refractivity contribution in [3.63, 3.8) is 0 Å². The first-order valence-corrected chi connectivity index (χ1v) is 16.3. The number of aromatic nitrogens is 4. The van der Waals surface area contributed by atoms with Crippen molar-refractivity contribution in [1.29, 1.82) is 0 Å². The fourth-order valence-electron chi connectivity index (χ4n) is 7.57. The Morgan fingerprint density at radius 3 is 1.73 bits per heavy atom. The van der Waals surface area contributed by atoms with Crippen LogP contribution in [0.1, 0.15) is 0 Å². The second-order valence-corrected chi connectivity index (χ2v) is 12.2. The molecule has 0 bridgehead atoms. The molecule has 0 saturated carbocycles. The zero-order valence-electron chi connectivity index (χ0n) is 26.0. The molecule has 0 aliphatic carbocycles. The summed E-state index contributed by atoms with van der Waals surface area (Å²) < 4.78 is 4.76. The summed E-state index contributed by atoms with van der Waals surface area (Å²) >= 11 is 0. The molecule has 6 aromatic carbocycles. The summed E-state index contributed by atoms with van der Waals surface area (Å²) in [4.78, 5) is 9.59. The first kappa shape index (κ1) is 26.7. The Morgan fingerprint density at radius 1 is 0.396 bits per heavy atom. The van der Waals surface area contributed by atoms with Crippen molar-refractivity contribution in [3.05, 3.63) is 170 Å². The number of para-hydroxylation sites is 3. The molecule has 0 spiro atoms. The molecule has 0 unspecified atom stereocenters. The van der Waals surface area contributed by atoms with Gasteiger partial charge in [-0.25, -0.2) is 0 Å². The van der Waals surface area contributed by atoms with E-state index in [1.807, 2.05) is 24.5 Å². The van der Waals surface area contributed by atoms with Crippen molar-refractivity contribution in [2.24, 2.45) is 0 Å². The summed E-state index contributed by atoms with van der Waals surface area (Å²) in [5.74, 6) is 0. The van der Waals surface area contributed by atoms with Gasteiger partial charge in [0.25, 0.3) is 0 Å². The van der Waals surface area contributed by atoms with Crippen LogP contribution in [-0.4, -0.2) is 19.1 Å². The average molecular weight is 613 g/mol. The van der Waals surface area contributed by atoms with E-state index in [-0.39, 0.29) is 0 Å². The van der Waals surface area contributed by atoms with E-state index in [1.165, 1.54) is 38.3 Å². The van der Waals surface area contributed by atoms with Gasteiger partial charge in [-0.3, -0.25) is 9.97 Å². The first-order chi connectivity index (χ1) is 23.8. The second-order valence-electron chi connectivity index (χ2n) is 12.2. The Hall–Kier alpha value is -6.52. The van der Waals surface area contributed by atoms with Gasteiger partial charge in [0.2, 0.25) is 0 Å². The van der Waals surface area contributed by atoms with E-state index in [1.54, 1.807) is 0 Å². The van der Waals surface area contributed by atoms with E-state index in [0.717, 1.165) is 50.0 Å². The van der Waals surface area contributed by atoms with Gasteiger partial charge in [-0.15, -0.1) is 0 Å². The number of hydrogen-bond acceptors (Lipinski definition) is 2. The molecule has 4 heterocycles. The number of rotatable bonds is 4. The van der Waals surface area contributed by atoms with E-state index in [2.05, 4.69) is 155 Å². The topological polar surface area (TPSA) is 35.6 Å². The van der Waals surface area contributed by atoms with Gasteiger partial charge in [-0.05, 0) is 77.4 Å². The Labute approximate surface area is 276 Å². The Kier molecular flexibility index (Phi) is 5.84. The number of fused-ring (bicyclic) bond motifs is 9. The van der Waals surface area contributed by atoms with Crippen LogP contribution in [0.2, 0.25) is 0 Å².